The predicted molar refractivity (Wildman–Crippen MR) is 98.5 cm³/mol. The van der Waals surface area contributed by atoms with E-state index in [4.69, 9.17) is 11.2 Å². The van der Waals surface area contributed by atoms with Crippen LogP contribution in [0.3, 0.4) is 0 Å². The molecule has 0 aliphatic heterocycles. The van der Waals surface area contributed by atoms with Crippen molar-refractivity contribution in [3.05, 3.63) is 29.8 Å². The molecule has 1 aromatic carbocycles. The second-order valence-corrected chi connectivity index (χ2v) is 6.59. The number of amides is 2. The van der Waals surface area contributed by atoms with Crippen molar-refractivity contribution >= 4 is 6.03 Å². The van der Waals surface area contributed by atoms with Gasteiger partial charge in [0.05, 0.1) is 0 Å². The quantitative estimate of drug-likeness (QED) is 0.747. The van der Waals surface area contributed by atoms with Crippen LogP contribution in [0.15, 0.2) is 24.3 Å². The van der Waals surface area contributed by atoms with Gasteiger partial charge in [0.1, 0.15) is 12.4 Å². The van der Waals surface area contributed by atoms with E-state index in [2.05, 4.69) is 11.2 Å². The Labute approximate surface area is 150 Å². The normalized spacial score (nSPS) is 19.7. The highest BCUT2D eigenvalue weighted by atomic mass is 16.5. The second kappa shape index (κ2) is 9.95. The van der Waals surface area contributed by atoms with E-state index in [-0.39, 0.29) is 25.3 Å². The molecule has 1 aliphatic rings. The summed E-state index contributed by atoms with van der Waals surface area (Å²) in [5.74, 6) is 3.59. The first-order valence-corrected chi connectivity index (χ1v) is 8.90. The smallest absolute Gasteiger partial charge is 0.317 e. The summed E-state index contributed by atoms with van der Waals surface area (Å²) in [5, 5.41) is 12.2. The fourth-order valence-electron chi connectivity index (χ4n) is 3.20. The van der Waals surface area contributed by atoms with Crippen molar-refractivity contribution in [3.63, 3.8) is 0 Å². The standard InChI is InChI=1S/C20H28N2O3/c1-3-14-25-19-10-6-16(7-11-19)12-13-21-20(24)22(2)18-8-4-17(15-23)5-9-18/h1,6-7,10-11,17-18,23H,4-5,8-9,12-15H2,2H3,(H,21,24). The lowest BCUT2D eigenvalue weighted by molar-refractivity contribution is 0.134. The van der Waals surface area contributed by atoms with Gasteiger partial charge in [-0.2, -0.15) is 0 Å². The highest BCUT2D eigenvalue weighted by Gasteiger charge is 2.25. The number of aliphatic hydroxyl groups is 1. The topological polar surface area (TPSA) is 61.8 Å². The lowest BCUT2D eigenvalue weighted by atomic mass is 9.86. The third-order valence-electron chi connectivity index (χ3n) is 4.88. The number of ether oxygens (including phenoxy) is 1. The molecule has 5 heteroatoms. The third kappa shape index (κ3) is 5.99. The number of nitrogens with one attached hydrogen (secondary N) is 1. The van der Waals surface area contributed by atoms with Crippen LogP contribution in [0.4, 0.5) is 4.79 Å². The molecule has 0 atom stereocenters. The molecule has 2 rings (SSSR count). The molecule has 0 heterocycles. The maximum Gasteiger partial charge on any atom is 0.317 e. The van der Waals surface area contributed by atoms with Crippen LogP contribution in [0.5, 0.6) is 5.75 Å². The number of urea groups is 1. The van der Waals surface area contributed by atoms with Crippen molar-refractivity contribution < 1.29 is 14.6 Å². The van der Waals surface area contributed by atoms with Gasteiger partial charge in [0, 0.05) is 26.2 Å². The number of carbonyl (C=O) groups excluding carboxylic acids is 1. The van der Waals surface area contributed by atoms with Crippen molar-refractivity contribution in [1.82, 2.24) is 10.2 Å². The first-order valence-electron chi connectivity index (χ1n) is 8.90. The summed E-state index contributed by atoms with van der Waals surface area (Å²) < 4.78 is 5.34. The number of carbonyl (C=O) groups is 1. The van der Waals surface area contributed by atoms with Crippen LogP contribution in [0.1, 0.15) is 31.2 Å². The van der Waals surface area contributed by atoms with Gasteiger partial charge in [0.2, 0.25) is 0 Å². The van der Waals surface area contributed by atoms with Gasteiger partial charge < -0.3 is 20.1 Å². The Balaban J connectivity index is 1.70. The summed E-state index contributed by atoms with van der Waals surface area (Å²) in [6.45, 7) is 1.12. The lowest BCUT2D eigenvalue weighted by Gasteiger charge is -2.34. The molecule has 0 bridgehead atoms. The van der Waals surface area contributed by atoms with Crippen LogP contribution >= 0.6 is 0 Å². The molecule has 0 unspecified atom stereocenters. The molecule has 1 saturated carbocycles. The molecule has 0 spiro atoms. The summed E-state index contributed by atoms with van der Waals surface area (Å²) in [6.07, 6.45) is 9.85. The largest absolute Gasteiger partial charge is 0.481 e. The molecule has 0 saturated heterocycles. The Morgan fingerprint density at radius 1 is 1.32 bits per heavy atom. The van der Waals surface area contributed by atoms with Crippen LogP contribution in [0.2, 0.25) is 0 Å². The van der Waals surface area contributed by atoms with Crippen molar-refractivity contribution in [2.75, 3.05) is 26.8 Å². The predicted octanol–water partition coefficient (Wildman–Crippen LogP) is 2.43. The maximum atomic E-state index is 12.3. The zero-order valence-corrected chi connectivity index (χ0v) is 14.9. The fourth-order valence-corrected chi connectivity index (χ4v) is 3.20. The van der Waals surface area contributed by atoms with Crippen LogP contribution < -0.4 is 10.1 Å². The summed E-state index contributed by atoms with van der Waals surface area (Å²) >= 11 is 0. The summed E-state index contributed by atoms with van der Waals surface area (Å²) in [6, 6.07) is 7.99. The molecule has 136 valence electrons. The van der Waals surface area contributed by atoms with E-state index in [1.165, 1.54) is 0 Å². The Hall–Kier alpha value is -2.19. The molecule has 0 aromatic heterocycles. The van der Waals surface area contributed by atoms with Crippen molar-refractivity contribution in [1.29, 1.82) is 0 Å². The fraction of sp³-hybridized carbons (Fsp3) is 0.550. The Kier molecular flexibility index (Phi) is 7.62. The van der Waals surface area contributed by atoms with E-state index in [9.17, 15) is 9.90 Å². The molecule has 0 radical (unpaired) electrons. The summed E-state index contributed by atoms with van der Waals surface area (Å²) in [4.78, 5) is 14.1. The molecule has 1 aliphatic carbocycles. The number of nitrogens with zero attached hydrogens (tertiary/aromatic N) is 1. The monoisotopic (exact) mass is 344 g/mol. The van der Waals surface area contributed by atoms with Gasteiger partial charge in [-0.15, -0.1) is 6.42 Å². The van der Waals surface area contributed by atoms with Crippen molar-refractivity contribution in [2.45, 2.75) is 38.1 Å². The second-order valence-electron chi connectivity index (χ2n) is 6.59. The Bertz CT molecular complexity index is 572. The van der Waals surface area contributed by atoms with E-state index in [0.29, 0.717) is 12.5 Å². The number of aliphatic hydroxyl groups excluding tert-OH is 1. The average Bonchev–Trinajstić information content (AvgIpc) is 2.66. The zero-order valence-electron chi connectivity index (χ0n) is 14.9. The lowest BCUT2D eigenvalue weighted by Crippen LogP contribution is -2.45. The Morgan fingerprint density at radius 2 is 2.00 bits per heavy atom. The highest BCUT2D eigenvalue weighted by molar-refractivity contribution is 5.74. The Morgan fingerprint density at radius 3 is 2.60 bits per heavy atom. The van der Waals surface area contributed by atoms with Crippen molar-refractivity contribution in [2.24, 2.45) is 5.92 Å². The van der Waals surface area contributed by atoms with Crippen LogP contribution in [-0.2, 0) is 6.42 Å². The van der Waals surface area contributed by atoms with Gasteiger partial charge in [0.15, 0.2) is 0 Å². The van der Waals surface area contributed by atoms with Crippen LogP contribution in [0.25, 0.3) is 0 Å². The maximum absolute atomic E-state index is 12.3. The first kappa shape index (κ1) is 19.1. The number of rotatable bonds is 7. The first-order chi connectivity index (χ1) is 12.1. The highest BCUT2D eigenvalue weighted by Crippen LogP contribution is 2.26. The van der Waals surface area contributed by atoms with Crippen LogP contribution in [-0.4, -0.2) is 48.9 Å². The molecular weight excluding hydrogens is 316 g/mol. The van der Waals surface area contributed by atoms with Gasteiger partial charge in [-0.25, -0.2) is 4.79 Å². The molecule has 25 heavy (non-hydrogen) atoms. The average molecular weight is 344 g/mol. The van der Waals surface area contributed by atoms with E-state index in [1.54, 1.807) is 0 Å². The molecule has 2 amide bonds. The van der Waals surface area contributed by atoms with Gasteiger partial charge in [0.25, 0.3) is 0 Å². The number of hydrogen-bond acceptors (Lipinski definition) is 3. The van der Waals surface area contributed by atoms with Gasteiger partial charge >= 0.3 is 6.03 Å². The SMILES string of the molecule is C#CCOc1ccc(CCNC(=O)N(C)C2CCC(CO)CC2)cc1. The van der Waals surface area contributed by atoms with E-state index in [0.717, 1.165) is 43.4 Å². The minimum atomic E-state index is -0.0265. The minimum Gasteiger partial charge on any atom is -0.481 e. The van der Waals surface area contributed by atoms with E-state index < -0.39 is 0 Å². The van der Waals surface area contributed by atoms with Gasteiger partial charge in [-0.05, 0) is 55.7 Å². The van der Waals surface area contributed by atoms with E-state index >= 15 is 0 Å². The van der Waals surface area contributed by atoms with E-state index in [1.807, 2.05) is 36.2 Å². The molecular formula is C20H28N2O3. The minimum absolute atomic E-state index is 0.0265. The van der Waals surface area contributed by atoms with Gasteiger partial charge in [-0.3, -0.25) is 0 Å². The number of benzene rings is 1. The third-order valence-corrected chi connectivity index (χ3v) is 4.88. The molecule has 1 aromatic rings. The summed E-state index contributed by atoms with van der Waals surface area (Å²) in [5.41, 5.74) is 1.14. The number of terminal acetylenes is 1. The van der Waals surface area contributed by atoms with Gasteiger partial charge in [-0.1, -0.05) is 18.1 Å². The number of hydrogen-bond donors (Lipinski definition) is 2. The summed E-state index contributed by atoms with van der Waals surface area (Å²) in [7, 11) is 1.86. The zero-order chi connectivity index (χ0) is 18.1. The molecule has 2 N–H and O–H groups in total. The molecule has 1 fully saturated rings. The van der Waals surface area contributed by atoms with Crippen molar-refractivity contribution in [3.8, 4) is 18.1 Å². The molecule has 5 nitrogen and oxygen atoms in total. The van der Waals surface area contributed by atoms with Crippen LogP contribution in [0, 0.1) is 18.3 Å².